The molecule has 0 N–H and O–H groups in total. The van der Waals surface area contributed by atoms with Gasteiger partial charge in [-0.05, 0) is 43.4 Å². The second-order valence-electron chi connectivity index (χ2n) is 4.66. The fourth-order valence-corrected chi connectivity index (χ4v) is 2.95. The molecule has 3 rings (SSSR count). The van der Waals surface area contributed by atoms with Gasteiger partial charge in [0, 0.05) is 5.69 Å². The number of hydrogen-bond acceptors (Lipinski definition) is 1. The van der Waals surface area contributed by atoms with Gasteiger partial charge in [0.25, 0.3) is 0 Å². The van der Waals surface area contributed by atoms with Crippen molar-refractivity contribution >= 4 is 22.5 Å². The second-order valence-corrected chi connectivity index (χ2v) is 5.04. The molecular weight excluding hydrogens is 256 g/mol. The highest BCUT2D eigenvalue weighted by atomic mass is 35.5. The number of benzene rings is 1. The Morgan fingerprint density at radius 1 is 1.00 bits per heavy atom. The fraction of sp³-hybridized carbons (Fsp3) is 0.357. The zero-order chi connectivity index (χ0) is 12.7. The molecule has 0 fully saturated rings. The number of fused-ring (bicyclic) bond motifs is 2. The van der Waals surface area contributed by atoms with Crippen LogP contribution in [0.1, 0.15) is 30.5 Å². The van der Waals surface area contributed by atoms with Crippen LogP contribution in [0.5, 0.6) is 0 Å². The summed E-state index contributed by atoms with van der Waals surface area (Å²) in [5.41, 5.74) is 1.78. The summed E-state index contributed by atoms with van der Waals surface area (Å²) in [5, 5.41) is 0.464. The Labute approximate surface area is 109 Å². The normalized spacial score (nSPS) is 15.5. The maximum absolute atomic E-state index is 13.8. The van der Waals surface area contributed by atoms with E-state index in [0.717, 1.165) is 55.5 Å². The molecule has 1 aliphatic rings. The van der Waals surface area contributed by atoms with Crippen molar-refractivity contribution in [3.05, 3.63) is 40.0 Å². The minimum Gasteiger partial charge on any atom is -0.249 e. The molecule has 0 amide bonds. The van der Waals surface area contributed by atoms with Crippen LogP contribution in [0.3, 0.4) is 0 Å². The molecule has 0 saturated carbocycles. The standard InChI is InChI=1S/C14H12ClF2N/c15-13-8-4-2-1-3-5-11(8)18-14-10(17)7-6-9(16)12(13)14/h6-7H,1-5H2. The zero-order valence-electron chi connectivity index (χ0n) is 9.77. The molecule has 4 heteroatoms. The van der Waals surface area contributed by atoms with E-state index < -0.39 is 11.6 Å². The van der Waals surface area contributed by atoms with Crippen LogP contribution < -0.4 is 0 Å². The van der Waals surface area contributed by atoms with Gasteiger partial charge in [0.1, 0.15) is 17.2 Å². The molecule has 1 aromatic heterocycles. The third-order valence-electron chi connectivity index (χ3n) is 3.50. The van der Waals surface area contributed by atoms with Gasteiger partial charge in [0.05, 0.1) is 10.4 Å². The molecule has 0 radical (unpaired) electrons. The zero-order valence-corrected chi connectivity index (χ0v) is 10.5. The van der Waals surface area contributed by atoms with Crippen molar-refractivity contribution in [2.24, 2.45) is 0 Å². The molecule has 0 atom stereocenters. The van der Waals surface area contributed by atoms with Crippen LogP contribution in [0.15, 0.2) is 12.1 Å². The smallest absolute Gasteiger partial charge is 0.149 e. The molecule has 18 heavy (non-hydrogen) atoms. The molecule has 94 valence electrons. The van der Waals surface area contributed by atoms with Crippen LogP contribution in [-0.2, 0) is 12.8 Å². The third-order valence-corrected chi connectivity index (χ3v) is 3.91. The van der Waals surface area contributed by atoms with Crippen molar-refractivity contribution in [1.82, 2.24) is 4.98 Å². The number of pyridine rings is 1. The molecular formula is C14H12ClF2N. The van der Waals surface area contributed by atoms with E-state index in [1.165, 1.54) is 0 Å². The summed E-state index contributed by atoms with van der Waals surface area (Å²) in [6.45, 7) is 0. The Hall–Kier alpha value is -1.22. The number of halogens is 3. The van der Waals surface area contributed by atoms with Gasteiger partial charge in [0.15, 0.2) is 0 Å². The van der Waals surface area contributed by atoms with Gasteiger partial charge in [-0.15, -0.1) is 0 Å². The first kappa shape index (κ1) is 11.8. The second kappa shape index (κ2) is 4.47. The van der Waals surface area contributed by atoms with Crippen LogP contribution in [-0.4, -0.2) is 4.98 Å². The monoisotopic (exact) mass is 267 g/mol. The van der Waals surface area contributed by atoms with Crippen LogP contribution in [0, 0.1) is 11.6 Å². The van der Waals surface area contributed by atoms with E-state index >= 15 is 0 Å². The van der Waals surface area contributed by atoms with Crippen molar-refractivity contribution < 1.29 is 8.78 Å². The highest BCUT2D eigenvalue weighted by Gasteiger charge is 2.19. The molecule has 0 unspecified atom stereocenters. The highest BCUT2D eigenvalue weighted by molar-refractivity contribution is 6.36. The molecule has 1 aliphatic carbocycles. The molecule has 0 saturated heterocycles. The lowest BCUT2D eigenvalue weighted by Gasteiger charge is -2.11. The summed E-state index contributed by atoms with van der Waals surface area (Å²) in [6, 6.07) is 2.21. The van der Waals surface area contributed by atoms with Crippen molar-refractivity contribution in [3.8, 4) is 0 Å². The first-order valence-corrected chi connectivity index (χ1v) is 6.51. The summed E-state index contributed by atoms with van der Waals surface area (Å²) in [4.78, 5) is 4.30. The predicted molar refractivity (Wildman–Crippen MR) is 67.9 cm³/mol. The largest absolute Gasteiger partial charge is 0.249 e. The minimum atomic E-state index is -0.514. The molecule has 1 nitrogen and oxygen atoms in total. The predicted octanol–water partition coefficient (Wildman–Crippen LogP) is 4.44. The number of rotatable bonds is 0. The fourth-order valence-electron chi connectivity index (χ4n) is 2.57. The van der Waals surface area contributed by atoms with E-state index in [9.17, 15) is 8.78 Å². The lowest BCUT2D eigenvalue weighted by molar-refractivity contribution is 0.614. The van der Waals surface area contributed by atoms with Crippen LogP contribution in [0.4, 0.5) is 8.78 Å². The number of aromatic nitrogens is 1. The molecule has 2 aromatic rings. The van der Waals surface area contributed by atoms with E-state index in [2.05, 4.69) is 4.98 Å². The number of aryl methyl sites for hydroxylation is 1. The Morgan fingerprint density at radius 3 is 2.56 bits per heavy atom. The molecule has 0 spiro atoms. The number of hydrogen-bond donors (Lipinski definition) is 0. The molecule has 0 bridgehead atoms. The van der Waals surface area contributed by atoms with Crippen LogP contribution >= 0.6 is 11.6 Å². The van der Waals surface area contributed by atoms with Crippen molar-refractivity contribution in [2.45, 2.75) is 32.1 Å². The van der Waals surface area contributed by atoms with E-state index in [4.69, 9.17) is 11.6 Å². The van der Waals surface area contributed by atoms with Crippen LogP contribution in [0.25, 0.3) is 10.9 Å². The first-order chi connectivity index (χ1) is 8.68. The SMILES string of the molecule is Fc1ccc(F)c2c(Cl)c3c(nc12)CCCCC3. The number of nitrogens with zero attached hydrogens (tertiary/aromatic N) is 1. The summed E-state index contributed by atoms with van der Waals surface area (Å²) in [6.07, 6.45) is 4.75. The maximum Gasteiger partial charge on any atom is 0.149 e. The van der Waals surface area contributed by atoms with Crippen LogP contribution in [0.2, 0.25) is 5.02 Å². The lowest BCUT2D eigenvalue weighted by Crippen LogP contribution is -2.01. The third kappa shape index (κ3) is 1.77. The van der Waals surface area contributed by atoms with Gasteiger partial charge in [-0.25, -0.2) is 13.8 Å². The van der Waals surface area contributed by atoms with E-state index in [0.29, 0.717) is 5.02 Å². The average Bonchev–Trinajstić information content (AvgIpc) is 2.59. The highest BCUT2D eigenvalue weighted by Crippen LogP contribution is 2.34. The molecule has 1 heterocycles. The van der Waals surface area contributed by atoms with Gasteiger partial charge in [-0.3, -0.25) is 0 Å². The van der Waals surface area contributed by atoms with Gasteiger partial charge in [-0.1, -0.05) is 18.0 Å². The van der Waals surface area contributed by atoms with E-state index in [1.54, 1.807) is 0 Å². The lowest BCUT2D eigenvalue weighted by atomic mass is 10.0. The Balaban J connectivity index is 2.38. The van der Waals surface area contributed by atoms with Crippen molar-refractivity contribution in [1.29, 1.82) is 0 Å². The first-order valence-electron chi connectivity index (χ1n) is 6.13. The average molecular weight is 268 g/mol. The summed E-state index contributed by atoms with van der Waals surface area (Å²) in [7, 11) is 0. The van der Waals surface area contributed by atoms with Gasteiger partial charge in [0.2, 0.25) is 0 Å². The topological polar surface area (TPSA) is 12.9 Å². The summed E-state index contributed by atoms with van der Waals surface area (Å²) in [5.74, 6) is -1.02. The Morgan fingerprint density at radius 2 is 1.72 bits per heavy atom. The Kier molecular flexibility index (Phi) is 2.94. The van der Waals surface area contributed by atoms with Crippen molar-refractivity contribution in [2.75, 3.05) is 0 Å². The molecule has 0 aliphatic heterocycles. The molecule has 1 aromatic carbocycles. The Bertz CT molecular complexity index is 625. The van der Waals surface area contributed by atoms with Gasteiger partial charge >= 0.3 is 0 Å². The minimum absolute atomic E-state index is 0.0562. The maximum atomic E-state index is 13.8. The van der Waals surface area contributed by atoms with Gasteiger partial charge in [-0.2, -0.15) is 0 Å². The van der Waals surface area contributed by atoms with E-state index in [1.807, 2.05) is 0 Å². The quantitative estimate of drug-likeness (QED) is 0.643. The van der Waals surface area contributed by atoms with Gasteiger partial charge < -0.3 is 0 Å². The van der Waals surface area contributed by atoms with Crippen molar-refractivity contribution in [3.63, 3.8) is 0 Å². The summed E-state index contributed by atoms with van der Waals surface area (Å²) < 4.78 is 27.5. The summed E-state index contributed by atoms with van der Waals surface area (Å²) >= 11 is 6.26. The van der Waals surface area contributed by atoms with E-state index in [-0.39, 0.29) is 10.9 Å².